The van der Waals surface area contributed by atoms with Crippen LogP contribution in [0.4, 0.5) is 0 Å². The lowest BCUT2D eigenvalue weighted by atomic mass is 10.2. The number of hydrogen-bond acceptors (Lipinski definition) is 4. The van der Waals surface area contributed by atoms with Crippen LogP contribution in [0.2, 0.25) is 0 Å². The SMILES string of the molecule is Cc1cscc1-c1nc(C=O)cs1. The van der Waals surface area contributed by atoms with Crippen LogP contribution >= 0.6 is 22.7 Å². The molecule has 2 heterocycles. The molecule has 0 spiro atoms. The number of hydrogen-bond donors (Lipinski definition) is 0. The van der Waals surface area contributed by atoms with E-state index >= 15 is 0 Å². The van der Waals surface area contributed by atoms with E-state index in [1.54, 1.807) is 16.7 Å². The second-order valence-electron chi connectivity index (χ2n) is 2.66. The molecule has 66 valence electrons. The smallest absolute Gasteiger partial charge is 0.169 e. The Bertz CT molecular complexity index is 430. The Balaban J connectivity index is 2.46. The molecule has 0 atom stereocenters. The molecule has 0 aliphatic rings. The Morgan fingerprint density at radius 2 is 2.23 bits per heavy atom. The first-order chi connectivity index (χ1) is 6.31. The van der Waals surface area contributed by atoms with Gasteiger partial charge < -0.3 is 0 Å². The molecule has 13 heavy (non-hydrogen) atoms. The summed E-state index contributed by atoms with van der Waals surface area (Å²) in [5.41, 5.74) is 2.88. The van der Waals surface area contributed by atoms with Gasteiger partial charge >= 0.3 is 0 Å². The number of carbonyl (C=O) groups is 1. The van der Waals surface area contributed by atoms with E-state index in [9.17, 15) is 4.79 Å². The Kier molecular flexibility index (Phi) is 2.24. The molecule has 4 heteroatoms. The third kappa shape index (κ3) is 1.55. The van der Waals surface area contributed by atoms with Crippen molar-refractivity contribution in [1.82, 2.24) is 4.98 Å². The summed E-state index contributed by atoms with van der Waals surface area (Å²) in [5, 5.41) is 6.85. The molecule has 0 aliphatic carbocycles. The van der Waals surface area contributed by atoms with E-state index in [0.29, 0.717) is 5.69 Å². The molecule has 0 saturated heterocycles. The minimum Gasteiger partial charge on any atom is -0.296 e. The Labute approximate surface area is 83.9 Å². The molecule has 0 radical (unpaired) electrons. The van der Waals surface area contributed by atoms with Gasteiger partial charge in [0.1, 0.15) is 10.7 Å². The third-order valence-electron chi connectivity index (χ3n) is 1.73. The second-order valence-corrected chi connectivity index (χ2v) is 4.27. The maximum Gasteiger partial charge on any atom is 0.169 e. The van der Waals surface area contributed by atoms with Crippen LogP contribution < -0.4 is 0 Å². The molecule has 2 rings (SSSR count). The van der Waals surface area contributed by atoms with Gasteiger partial charge in [-0.1, -0.05) is 0 Å². The highest BCUT2D eigenvalue weighted by Crippen LogP contribution is 2.28. The summed E-state index contributed by atoms with van der Waals surface area (Å²) in [4.78, 5) is 14.6. The Morgan fingerprint density at radius 3 is 2.77 bits per heavy atom. The predicted molar refractivity (Wildman–Crippen MR) is 55.6 cm³/mol. The van der Waals surface area contributed by atoms with E-state index in [1.807, 2.05) is 6.92 Å². The largest absolute Gasteiger partial charge is 0.296 e. The van der Waals surface area contributed by atoms with E-state index in [4.69, 9.17) is 0 Å². The fraction of sp³-hybridized carbons (Fsp3) is 0.111. The maximum absolute atomic E-state index is 10.4. The zero-order valence-corrected chi connectivity index (χ0v) is 8.61. The number of carbonyl (C=O) groups excluding carboxylic acids is 1. The normalized spacial score (nSPS) is 10.2. The fourth-order valence-electron chi connectivity index (χ4n) is 1.04. The number of aldehydes is 1. The molecule has 0 fully saturated rings. The topological polar surface area (TPSA) is 30.0 Å². The lowest BCUT2D eigenvalue weighted by Gasteiger charge is -1.91. The van der Waals surface area contributed by atoms with Gasteiger partial charge in [-0.05, 0) is 17.9 Å². The lowest BCUT2D eigenvalue weighted by molar-refractivity contribution is 0.111. The van der Waals surface area contributed by atoms with Gasteiger partial charge in [-0.25, -0.2) is 4.98 Å². The van der Waals surface area contributed by atoms with E-state index < -0.39 is 0 Å². The van der Waals surface area contributed by atoms with Crippen molar-refractivity contribution in [3.8, 4) is 10.6 Å². The van der Waals surface area contributed by atoms with Crippen molar-refractivity contribution in [2.24, 2.45) is 0 Å². The van der Waals surface area contributed by atoms with Gasteiger partial charge in [-0.2, -0.15) is 11.3 Å². The van der Waals surface area contributed by atoms with Crippen LogP contribution in [0.1, 0.15) is 16.1 Å². The summed E-state index contributed by atoms with van der Waals surface area (Å²) in [7, 11) is 0. The minimum absolute atomic E-state index is 0.519. The van der Waals surface area contributed by atoms with Crippen molar-refractivity contribution in [2.45, 2.75) is 6.92 Å². The van der Waals surface area contributed by atoms with Gasteiger partial charge in [0.2, 0.25) is 0 Å². The van der Waals surface area contributed by atoms with Crippen LogP contribution in [0.3, 0.4) is 0 Å². The van der Waals surface area contributed by atoms with Gasteiger partial charge in [0, 0.05) is 16.3 Å². The predicted octanol–water partition coefficient (Wildman–Crippen LogP) is 2.99. The molecular formula is C9H7NOS2. The van der Waals surface area contributed by atoms with Crippen molar-refractivity contribution in [3.63, 3.8) is 0 Å². The number of thiazole rings is 1. The standard InChI is InChI=1S/C9H7NOS2/c1-6-3-12-5-8(6)9-10-7(2-11)4-13-9/h2-5H,1H3. The summed E-state index contributed by atoms with van der Waals surface area (Å²) in [5.74, 6) is 0. The van der Waals surface area contributed by atoms with Gasteiger partial charge in [-0.3, -0.25) is 4.79 Å². The lowest BCUT2D eigenvalue weighted by Crippen LogP contribution is -1.79. The monoisotopic (exact) mass is 209 g/mol. The maximum atomic E-state index is 10.4. The number of thiophene rings is 1. The summed E-state index contributed by atoms with van der Waals surface area (Å²) in [6.07, 6.45) is 0.779. The Hall–Kier alpha value is -1.00. The van der Waals surface area contributed by atoms with Crippen LogP contribution in [-0.4, -0.2) is 11.3 Å². The summed E-state index contributed by atoms with van der Waals surface area (Å²) < 4.78 is 0. The third-order valence-corrected chi connectivity index (χ3v) is 3.48. The number of rotatable bonds is 2. The van der Waals surface area contributed by atoms with Gasteiger partial charge in [-0.15, -0.1) is 11.3 Å². The highest BCUT2D eigenvalue weighted by Gasteiger charge is 2.06. The average Bonchev–Trinajstić information content (AvgIpc) is 2.71. The molecule has 0 amide bonds. The highest BCUT2D eigenvalue weighted by atomic mass is 32.1. The first-order valence-corrected chi connectivity index (χ1v) is 5.57. The molecular weight excluding hydrogens is 202 g/mol. The molecule has 2 aromatic rings. The van der Waals surface area contributed by atoms with Gasteiger partial charge in [0.05, 0.1) is 0 Å². The van der Waals surface area contributed by atoms with Crippen LogP contribution in [0.15, 0.2) is 16.1 Å². The van der Waals surface area contributed by atoms with Crippen molar-refractivity contribution in [2.75, 3.05) is 0 Å². The fourth-order valence-corrected chi connectivity index (χ4v) is 2.80. The first-order valence-electron chi connectivity index (χ1n) is 3.75. The van der Waals surface area contributed by atoms with Crippen molar-refractivity contribution < 1.29 is 4.79 Å². The number of aromatic nitrogens is 1. The molecule has 2 nitrogen and oxygen atoms in total. The molecule has 0 aliphatic heterocycles. The molecule has 0 aromatic carbocycles. The minimum atomic E-state index is 0.519. The number of nitrogens with zero attached hydrogens (tertiary/aromatic N) is 1. The van der Waals surface area contributed by atoms with E-state index in [0.717, 1.165) is 16.9 Å². The molecule has 0 bridgehead atoms. The van der Waals surface area contributed by atoms with E-state index in [2.05, 4.69) is 15.7 Å². The number of aryl methyl sites for hydroxylation is 1. The van der Waals surface area contributed by atoms with Crippen LogP contribution in [0.5, 0.6) is 0 Å². The van der Waals surface area contributed by atoms with Crippen LogP contribution in [-0.2, 0) is 0 Å². The zero-order valence-electron chi connectivity index (χ0n) is 6.98. The van der Waals surface area contributed by atoms with Crippen molar-refractivity contribution in [3.05, 3.63) is 27.4 Å². The van der Waals surface area contributed by atoms with Crippen molar-refractivity contribution >= 4 is 29.0 Å². The molecule has 2 aromatic heterocycles. The molecule has 0 unspecified atom stereocenters. The van der Waals surface area contributed by atoms with E-state index in [-0.39, 0.29) is 0 Å². The summed E-state index contributed by atoms with van der Waals surface area (Å²) >= 11 is 3.17. The van der Waals surface area contributed by atoms with Gasteiger partial charge in [0.15, 0.2) is 6.29 Å². The highest BCUT2D eigenvalue weighted by molar-refractivity contribution is 7.14. The quantitative estimate of drug-likeness (QED) is 0.712. The second kappa shape index (κ2) is 3.40. The molecule has 0 N–H and O–H groups in total. The van der Waals surface area contributed by atoms with E-state index in [1.165, 1.54) is 16.9 Å². The average molecular weight is 209 g/mol. The summed E-state index contributed by atoms with van der Waals surface area (Å²) in [6.45, 7) is 2.05. The molecule has 0 saturated carbocycles. The Morgan fingerprint density at radius 1 is 1.38 bits per heavy atom. The van der Waals surface area contributed by atoms with Crippen LogP contribution in [0, 0.1) is 6.92 Å². The van der Waals surface area contributed by atoms with Crippen LogP contribution in [0.25, 0.3) is 10.6 Å². The van der Waals surface area contributed by atoms with Crippen molar-refractivity contribution in [1.29, 1.82) is 0 Å². The summed E-state index contributed by atoms with van der Waals surface area (Å²) in [6, 6.07) is 0. The zero-order chi connectivity index (χ0) is 9.26. The first kappa shape index (κ1) is 8.59. The van der Waals surface area contributed by atoms with Gasteiger partial charge in [0.25, 0.3) is 0 Å².